The van der Waals surface area contributed by atoms with Crippen LogP contribution in [0.3, 0.4) is 0 Å². The number of hydrogen-bond donors (Lipinski definition) is 1. The van der Waals surface area contributed by atoms with E-state index in [2.05, 4.69) is 17.3 Å². The normalized spacial score (nSPS) is 13.4. The molecule has 2 aromatic rings. The second kappa shape index (κ2) is 9.88. The van der Waals surface area contributed by atoms with E-state index in [0.717, 1.165) is 35.5 Å². The molecule has 0 spiro atoms. The van der Waals surface area contributed by atoms with Crippen molar-refractivity contribution in [3.8, 4) is 0 Å². The lowest BCUT2D eigenvalue weighted by molar-refractivity contribution is -0.116. The summed E-state index contributed by atoms with van der Waals surface area (Å²) in [6.45, 7) is 3.82. The number of rotatable bonds is 6. The minimum atomic E-state index is -0.340. The average Bonchev–Trinajstić information content (AvgIpc) is 2.98. The number of ether oxygens (including phenoxy) is 1. The van der Waals surface area contributed by atoms with Crippen molar-refractivity contribution in [1.29, 1.82) is 0 Å². The van der Waals surface area contributed by atoms with Crippen LogP contribution in [0.1, 0.15) is 39.7 Å². The monoisotopic (exact) mass is 408 g/mol. The van der Waals surface area contributed by atoms with Crippen molar-refractivity contribution in [2.75, 3.05) is 25.5 Å². The van der Waals surface area contributed by atoms with Gasteiger partial charge in [-0.2, -0.15) is 0 Å². The summed E-state index contributed by atoms with van der Waals surface area (Å²) in [6.07, 6.45) is 1.86. The van der Waals surface area contributed by atoms with Crippen LogP contribution in [-0.4, -0.2) is 37.0 Å². The summed E-state index contributed by atoms with van der Waals surface area (Å²) in [5.41, 5.74) is 2.71. The van der Waals surface area contributed by atoms with Crippen LogP contribution in [-0.2, 0) is 28.9 Å². The summed E-state index contributed by atoms with van der Waals surface area (Å²) < 4.78 is 5.23. The Bertz CT molecular complexity index is 792. The number of anilines is 1. The lowest BCUT2D eigenvalue weighted by Crippen LogP contribution is -2.26. The number of carbonyl (C=O) groups is 2. The number of esters is 1. The topological polar surface area (TPSA) is 58.6 Å². The van der Waals surface area contributed by atoms with Crippen LogP contribution in [0.4, 0.5) is 5.00 Å². The zero-order valence-corrected chi connectivity index (χ0v) is 17.3. The number of amides is 1. The Morgan fingerprint density at radius 1 is 1.26 bits per heavy atom. The van der Waals surface area contributed by atoms with E-state index in [9.17, 15) is 9.59 Å². The van der Waals surface area contributed by atoms with Gasteiger partial charge in [-0.05, 0) is 37.9 Å². The lowest BCUT2D eigenvalue weighted by Gasteiger charge is -2.22. The van der Waals surface area contributed by atoms with E-state index in [-0.39, 0.29) is 24.3 Å². The van der Waals surface area contributed by atoms with Crippen LogP contribution in [0, 0.1) is 0 Å². The first kappa shape index (κ1) is 21.4. The van der Waals surface area contributed by atoms with Crippen LogP contribution in [0.5, 0.6) is 0 Å². The van der Waals surface area contributed by atoms with E-state index in [1.165, 1.54) is 11.3 Å². The van der Waals surface area contributed by atoms with E-state index in [4.69, 9.17) is 4.74 Å². The molecule has 1 amide bonds. The van der Waals surface area contributed by atoms with Gasteiger partial charge in [0, 0.05) is 24.4 Å². The first-order valence-corrected chi connectivity index (χ1v) is 9.74. The smallest absolute Gasteiger partial charge is 0.341 e. The van der Waals surface area contributed by atoms with E-state index < -0.39 is 0 Å². The molecule has 1 N–H and O–H groups in total. The molecule has 0 atom stereocenters. The number of halogens is 1. The maximum atomic E-state index is 12.5. The molecule has 1 aliphatic heterocycles. The molecule has 0 saturated carbocycles. The van der Waals surface area contributed by atoms with Crippen molar-refractivity contribution in [2.24, 2.45) is 0 Å². The van der Waals surface area contributed by atoms with Crippen molar-refractivity contribution in [3.05, 3.63) is 51.9 Å². The molecule has 0 saturated heterocycles. The molecule has 5 nitrogen and oxygen atoms in total. The van der Waals surface area contributed by atoms with Gasteiger partial charge in [-0.1, -0.05) is 30.3 Å². The second-order valence-corrected chi connectivity index (χ2v) is 7.56. The van der Waals surface area contributed by atoms with E-state index in [1.54, 1.807) is 6.92 Å². The Morgan fingerprint density at radius 3 is 2.70 bits per heavy atom. The average molecular weight is 409 g/mol. The molecule has 146 valence electrons. The van der Waals surface area contributed by atoms with Crippen LogP contribution in [0.15, 0.2) is 30.3 Å². The van der Waals surface area contributed by atoms with E-state index in [1.807, 2.05) is 30.3 Å². The third kappa shape index (κ3) is 5.31. The number of nitrogens with one attached hydrogen (secondary N) is 1. The lowest BCUT2D eigenvalue weighted by atomic mass is 10.0. The standard InChI is InChI=1S/C20H24N2O3S.ClH/c1-3-25-20(24)18-15-11-12-22(2)13-16(15)26-19(18)21-17(23)10-9-14-7-5-4-6-8-14;/h4-8H,3,9-13H2,1-2H3,(H,21,23);1H. The van der Waals surface area contributed by atoms with Gasteiger partial charge in [0.05, 0.1) is 12.2 Å². The summed E-state index contributed by atoms with van der Waals surface area (Å²) >= 11 is 1.50. The van der Waals surface area contributed by atoms with Crippen molar-refractivity contribution < 1.29 is 14.3 Å². The Kier molecular flexibility index (Phi) is 7.83. The summed E-state index contributed by atoms with van der Waals surface area (Å²) in [4.78, 5) is 28.2. The van der Waals surface area contributed by atoms with Gasteiger partial charge in [0.1, 0.15) is 5.00 Å². The zero-order chi connectivity index (χ0) is 18.5. The van der Waals surface area contributed by atoms with Crippen molar-refractivity contribution in [2.45, 2.75) is 32.7 Å². The third-order valence-electron chi connectivity index (χ3n) is 4.46. The largest absolute Gasteiger partial charge is 0.462 e. The second-order valence-electron chi connectivity index (χ2n) is 6.45. The number of fused-ring (bicyclic) bond motifs is 1. The quantitative estimate of drug-likeness (QED) is 0.736. The zero-order valence-electron chi connectivity index (χ0n) is 15.6. The highest BCUT2D eigenvalue weighted by molar-refractivity contribution is 7.17. The Labute approximate surface area is 170 Å². The molecule has 0 bridgehead atoms. The molecule has 27 heavy (non-hydrogen) atoms. The van der Waals surface area contributed by atoms with Crippen LogP contribution >= 0.6 is 23.7 Å². The van der Waals surface area contributed by atoms with Crippen molar-refractivity contribution in [3.63, 3.8) is 0 Å². The number of benzene rings is 1. The number of hydrogen-bond acceptors (Lipinski definition) is 5. The predicted molar refractivity (Wildman–Crippen MR) is 111 cm³/mol. The summed E-state index contributed by atoms with van der Waals surface area (Å²) in [7, 11) is 2.06. The molecule has 0 aliphatic carbocycles. The molecule has 0 fully saturated rings. The van der Waals surface area contributed by atoms with Gasteiger partial charge in [-0.25, -0.2) is 4.79 Å². The van der Waals surface area contributed by atoms with Gasteiger partial charge in [0.25, 0.3) is 0 Å². The Balaban J connectivity index is 0.00000261. The molecule has 1 aromatic heterocycles. The fourth-order valence-electron chi connectivity index (χ4n) is 3.13. The molecule has 3 rings (SSSR count). The Morgan fingerprint density at radius 2 is 2.00 bits per heavy atom. The maximum Gasteiger partial charge on any atom is 0.341 e. The molecular weight excluding hydrogens is 384 g/mol. The molecular formula is C20H25ClN2O3S. The van der Waals surface area contributed by atoms with Crippen molar-refractivity contribution in [1.82, 2.24) is 4.90 Å². The number of carbonyl (C=O) groups excluding carboxylic acids is 2. The summed E-state index contributed by atoms with van der Waals surface area (Å²) in [5, 5.41) is 3.58. The summed E-state index contributed by atoms with van der Waals surface area (Å²) in [5.74, 6) is -0.417. The molecule has 0 unspecified atom stereocenters. The van der Waals surface area contributed by atoms with Crippen LogP contribution in [0.25, 0.3) is 0 Å². The Hall–Kier alpha value is -1.89. The number of thiophene rings is 1. The maximum absolute atomic E-state index is 12.5. The highest BCUT2D eigenvalue weighted by atomic mass is 35.5. The highest BCUT2D eigenvalue weighted by Crippen LogP contribution is 2.37. The fraction of sp³-hybridized carbons (Fsp3) is 0.400. The SMILES string of the molecule is CCOC(=O)c1c(NC(=O)CCc2ccccc2)sc2c1CCN(C)C2.Cl. The van der Waals surface area contributed by atoms with Gasteiger partial charge in [-0.15, -0.1) is 23.7 Å². The molecule has 1 aromatic carbocycles. The molecule has 7 heteroatoms. The number of aryl methyl sites for hydroxylation is 1. The van der Waals surface area contributed by atoms with Crippen LogP contribution in [0.2, 0.25) is 0 Å². The summed E-state index contributed by atoms with van der Waals surface area (Å²) in [6, 6.07) is 9.92. The minimum absolute atomic E-state index is 0. The van der Waals surface area contributed by atoms with Gasteiger partial charge >= 0.3 is 5.97 Å². The fourth-order valence-corrected chi connectivity index (χ4v) is 4.46. The molecule has 2 heterocycles. The first-order valence-electron chi connectivity index (χ1n) is 8.92. The van der Waals surface area contributed by atoms with Gasteiger partial charge in [0.2, 0.25) is 5.91 Å². The number of nitrogens with zero attached hydrogens (tertiary/aromatic N) is 1. The van der Waals surface area contributed by atoms with Gasteiger partial charge < -0.3 is 15.0 Å². The van der Waals surface area contributed by atoms with Crippen molar-refractivity contribution >= 4 is 40.6 Å². The number of likely N-dealkylation sites (N-methyl/N-ethyl adjacent to an activating group) is 1. The molecule has 1 aliphatic rings. The van der Waals surface area contributed by atoms with E-state index >= 15 is 0 Å². The van der Waals surface area contributed by atoms with E-state index in [0.29, 0.717) is 30.0 Å². The predicted octanol–water partition coefficient (Wildman–Crippen LogP) is 3.91. The highest BCUT2D eigenvalue weighted by Gasteiger charge is 2.28. The third-order valence-corrected chi connectivity index (χ3v) is 5.60. The van der Waals surface area contributed by atoms with Crippen LogP contribution < -0.4 is 5.32 Å². The first-order chi connectivity index (χ1) is 12.6. The molecule has 0 radical (unpaired) electrons. The van der Waals surface area contributed by atoms with Gasteiger partial charge in [0.15, 0.2) is 0 Å². The minimum Gasteiger partial charge on any atom is -0.462 e. The van der Waals surface area contributed by atoms with Gasteiger partial charge in [-0.3, -0.25) is 4.79 Å².